The van der Waals surface area contributed by atoms with Crippen LogP contribution in [0.2, 0.25) is 0 Å². The van der Waals surface area contributed by atoms with Gasteiger partial charge in [-0.3, -0.25) is 10.1 Å². The molecule has 0 heterocycles. The van der Waals surface area contributed by atoms with E-state index in [0.717, 1.165) is 0 Å². The Morgan fingerprint density at radius 1 is 1.67 bits per heavy atom. The van der Waals surface area contributed by atoms with E-state index in [0.29, 0.717) is 0 Å². The van der Waals surface area contributed by atoms with Gasteiger partial charge < -0.3 is 0 Å². The summed E-state index contributed by atoms with van der Waals surface area (Å²) in [6, 6.07) is 0. The second-order valence-electron chi connectivity index (χ2n) is 2.13. The molecule has 0 spiro atoms. The average Bonchev–Trinajstić information content (AvgIpc) is 1.64. The molecule has 9 heavy (non-hydrogen) atoms. The van der Waals surface area contributed by atoms with Gasteiger partial charge in [0.15, 0.2) is 0 Å². The molecule has 0 saturated carbocycles. The summed E-state index contributed by atoms with van der Waals surface area (Å²) in [5.41, 5.74) is 0.287. The van der Waals surface area contributed by atoms with Gasteiger partial charge in [0.1, 0.15) is 0 Å². The number of nitro groups is 1. The highest BCUT2D eigenvalue weighted by Crippen LogP contribution is 2.08. The molecule has 0 amide bonds. The summed E-state index contributed by atoms with van der Waals surface area (Å²) in [5, 5.41) is 10.1. The summed E-state index contributed by atoms with van der Waals surface area (Å²) in [6.07, 6.45) is 1.53. The maximum absolute atomic E-state index is 10.1. The maximum atomic E-state index is 10.1. The first-order valence-electron chi connectivity index (χ1n) is 2.90. The van der Waals surface area contributed by atoms with Crippen LogP contribution < -0.4 is 0 Å². The van der Waals surface area contributed by atoms with Crippen LogP contribution in [0.25, 0.3) is 0 Å². The molecule has 0 bridgehead atoms. The van der Waals surface area contributed by atoms with Gasteiger partial charge in [-0.2, -0.15) is 0 Å². The largest absolute Gasteiger partial charge is 0.259 e. The molecule has 0 aliphatic rings. The van der Waals surface area contributed by atoms with Gasteiger partial charge in [-0.25, -0.2) is 0 Å². The van der Waals surface area contributed by atoms with Crippen molar-refractivity contribution < 1.29 is 4.92 Å². The summed E-state index contributed by atoms with van der Waals surface area (Å²) in [5.74, 6) is 0.0185. The minimum absolute atomic E-state index is 0.0185. The molecule has 3 nitrogen and oxygen atoms in total. The van der Waals surface area contributed by atoms with Gasteiger partial charge in [0.05, 0.1) is 4.92 Å². The van der Waals surface area contributed by atoms with E-state index in [1.54, 1.807) is 20.8 Å². The molecule has 0 saturated heterocycles. The predicted octanol–water partition coefficient (Wildman–Crippen LogP) is 1.82. The summed E-state index contributed by atoms with van der Waals surface area (Å²) in [4.78, 5) is 9.77. The summed E-state index contributed by atoms with van der Waals surface area (Å²) < 4.78 is 0. The van der Waals surface area contributed by atoms with Gasteiger partial charge in [0, 0.05) is 5.92 Å². The van der Waals surface area contributed by atoms with Crippen LogP contribution in [-0.2, 0) is 0 Å². The molecular formula is C6H11NO2. The number of nitrogens with zero attached hydrogens (tertiary/aromatic N) is 1. The predicted molar refractivity (Wildman–Crippen MR) is 35.6 cm³/mol. The minimum Gasteiger partial charge on any atom is -0.259 e. The molecule has 0 rings (SSSR count). The number of allylic oxidation sites excluding steroid dienone is 2. The van der Waals surface area contributed by atoms with Crippen molar-refractivity contribution >= 4 is 0 Å². The lowest BCUT2D eigenvalue weighted by atomic mass is 10.1. The monoisotopic (exact) mass is 129 g/mol. The van der Waals surface area contributed by atoms with E-state index in [1.165, 1.54) is 6.08 Å². The Balaban J connectivity index is 4.19. The van der Waals surface area contributed by atoms with Crippen LogP contribution in [0.15, 0.2) is 11.8 Å². The second kappa shape index (κ2) is 3.22. The van der Waals surface area contributed by atoms with Gasteiger partial charge >= 0.3 is 0 Å². The topological polar surface area (TPSA) is 43.1 Å². The fraction of sp³-hybridized carbons (Fsp3) is 0.667. The standard InChI is InChI=1S/C6H11NO2/c1-4-6(5(2)3)7(8)9/h4-5H,1-3H3/b6-4+. The summed E-state index contributed by atoms with van der Waals surface area (Å²) >= 11 is 0. The highest BCUT2D eigenvalue weighted by atomic mass is 16.6. The molecule has 0 fully saturated rings. The van der Waals surface area contributed by atoms with E-state index in [2.05, 4.69) is 0 Å². The first-order chi connectivity index (χ1) is 4.09. The Morgan fingerprint density at radius 2 is 2.11 bits per heavy atom. The van der Waals surface area contributed by atoms with Gasteiger partial charge in [0.25, 0.3) is 0 Å². The van der Waals surface area contributed by atoms with Crippen molar-refractivity contribution in [2.24, 2.45) is 5.92 Å². The zero-order valence-corrected chi connectivity index (χ0v) is 5.92. The number of rotatable bonds is 2. The van der Waals surface area contributed by atoms with Crippen LogP contribution in [0.4, 0.5) is 0 Å². The SMILES string of the molecule is C/C=C(\C(C)C)[N+](=O)[O-]. The van der Waals surface area contributed by atoms with Gasteiger partial charge in [0.2, 0.25) is 5.70 Å². The molecule has 0 radical (unpaired) electrons. The first kappa shape index (κ1) is 8.14. The van der Waals surface area contributed by atoms with Gasteiger partial charge in [-0.05, 0) is 13.0 Å². The van der Waals surface area contributed by atoms with Crippen molar-refractivity contribution in [1.29, 1.82) is 0 Å². The van der Waals surface area contributed by atoms with Crippen LogP contribution in [-0.4, -0.2) is 4.92 Å². The summed E-state index contributed by atoms with van der Waals surface area (Å²) in [7, 11) is 0. The smallest absolute Gasteiger partial charge is 0.244 e. The maximum Gasteiger partial charge on any atom is 0.244 e. The number of hydrogen-bond acceptors (Lipinski definition) is 2. The molecule has 0 N–H and O–H groups in total. The van der Waals surface area contributed by atoms with E-state index in [4.69, 9.17) is 0 Å². The van der Waals surface area contributed by atoms with Gasteiger partial charge in [-0.15, -0.1) is 0 Å². The van der Waals surface area contributed by atoms with Crippen molar-refractivity contribution in [3.8, 4) is 0 Å². The lowest BCUT2D eigenvalue weighted by Gasteiger charge is -1.98. The van der Waals surface area contributed by atoms with Crippen LogP contribution in [0.5, 0.6) is 0 Å². The van der Waals surface area contributed by atoms with E-state index >= 15 is 0 Å². The Hall–Kier alpha value is -0.860. The first-order valence-corrected chi connectivity index (χ1v) is 2.90. The van der Waals surface area contributed by atoms with E-state index in [-0.39, 0.29) is 16.5 Å². The van der Waals surface area contributed by atoms with Crippen molar-refractivity contribution in [3.05, 3.63) is 21.9 Å². The van der Waals surface area contributed by atoms with Crippen molar-refractivity contribution in [2.75, 3.05) is 0 Å². The highest BCUT2D eigenvalue weighted by Gasteiger charge is 2.12. The molecule has 52 valence electrons. The minimum atomic E-state index is -0.343. The fourth-order valence-electron chi connectivity index (χ4n) is 0.650. The molecule has 0 aromatic rings. The average molecular weight is 129 g/mol. The van der Waals surface area contributed by atoms with Crippen LogP contribution >= 0.6 is 0 Å². The Bertz CT molecular complexity index is 138. The zero-order valence-electron chi connectivity index (χ0n) is 5.92. The lowest BCUT2D eigenvalue weighted by molar-refractivity contribution is -0.432. The van der Waals surface area contributed by atoms with Crippen LogP contribution in [0.3, 0.4) is 0 Å². The summed E-state index contributed by atoms with van der Waals surface area (Å²) in [6.45, 7) is 5.29. The van der Waals surface area contributed by atoms with Crippen molar-refractivity contribution in [1.82, 2.24) is 0 Å². The van der Waals surface area contributed by atoms with E-state index in [1.807, 2.05) is 0 Å². The Morgan fingerprint density at radius 3 is 2.11 bits per heavy atom. The van der Waals surface area contributed by atoms with Crippen LogP contribution in [0.1, 0.15) is 20.8 Å². The second-order valence-corrected chi connectivity index (χ2v) is 2.13. The quantitative estimate of drug-likeness (QED) is 0.421. The van der Waals surface area contributed by atoms with Crippen molar-refractivity contribution in [2.45, 2.75) is 20.8 Å². The van der Waals surface area contributed by atoms with E-state index < -0.39 is 0 Å². The third kappa shape index (κ3) is 2.26. The molecule has 0 aliphatic heterocycles. The molecular weight excluding hydrogens is 118 g/mol. The Labute approximate surface area is 54.5 Å². The molecule has 0 atom stereocenters. The third-order valence-corrected chi connectivity index (χ3v) is 1.10. The van der Waals surface area contributed by atoms with Crippen LogP contribution in [0, 0.1) is 16.0 Å². The number of hydrogen-bond donors (Lipinski definition) is 0. The molecule has 0 aromatic heterocycles. The highest BCUT2D eigenvalue weighted by molar-refractivity contribution is 4.91. The Kier molecular flexibility index (Phi) is 2.91. The normalized spacial score (nSPS) is 12.2. The fourth-order valence-corrected chi connectivity index (χ4v) is 0.650. The van der Waals surface area contributed by atoms with E-state index in [9.17, 15) is 10.1 Å². The third-order valence-electron chi connectivity index (χ3n) is 1.10. The lowest BCUT2D eigenvalue weighted by Crippen LogP contribution is -2.04. The van der Waals surface area contributed by atoms with Crippen molar-refractivity contribution in [3.63, 3.8) is 0 Å². The molecule has 0 unspecified atom stereocenters. The molecule has 0 aromatic carbocycles. The van der Waals surface area contributed by atoms with Gasteiger partial charge in [-0.1, -0.05) is 13.8 Å². The zero-order chi connectivity index (χ0) is 7.44. The molecule has 3 heteroatoms. The molecule has 0 aliphatic carbocycles.